The van der Waals surface area contributed by atoms with Gasteiger partial charge in [0.25, 0.3) is 0 Å². The minimum absolute atomic E-state index is 0.719. The Morgan fingerprint density at radius 1 is 1.17 bits per heavy atom. The summed E-state index contributed by atoms with van der Waals surface area (Å²) >= 11 is 0. The van der Waals surface area contributed by atoms with Crippen molar-refractivity contribution in [3.05, 3.63) is 46.3 Å². The molecule has 124 valence electrons. The number of hydrogen-bond acceptors (Lipinski definition) is 3. The van der Waals surface area contributed by atoms with E-state index in [9.17, 15) is 0 Å². The topological polar surface area (TPSA) is 30.3 Å². The molecule has 0 saturated heterocycles. The third-order valence-corrected chi connectivity index (χ3v) is 4.79. The van der Waals surface area contributed by atoms with Crippen molar-refractivity contribution in [3.8, 4) is 5.75 Å². The molecule has 3 rings (SSSR count). The Balaban J connectivity index is 1.77. The zero-order valence-corrected chi connectivity index (χ0v) is 14.7. The van der Waals surface area contributed by atoms with Gasteiger partial charge in [-0.25, -0.2) is 0 Å². The van der Waals surface area contributed by atoms with Gasteiger partial charge in [0.05, 0.1) is 12.8 Å². The number of rotatable bonds is 6. The Morgan fingerprint density at radius 3 is 2.52 bits per heavy atom. The molecule has 2 aromatic rings. The van der Waals surface area contributed by atoms with E-state index in [1.165, 1.54) is 47.2 Å². The molecule has 1 aliphatic carbocycles. The average Bonchev–Trinajstić information content (AvgIpc) is 3.09. The van der Waals surface area contributed by atoms with E-state index in [4.69, 9.17) is 4.74 Å². The number of fused-ring (bicyclic) bond motifs is 1. The van der Waals surface area contributed by atoms with Gasteiger partial charge in [-0.2, -0.15) is 5.10 Å². The number of aryl methyl sites for hydroxylation is 3. The molecule has 1 heterocycles. The van der Waals surface area contributed by atoms with Crippen LogP contribution >= 0.6 is 0 Å². The van der Waals surface area contributed by atoms with Crippen LogP contribution in [0.3, 0.4) is 0 Å². The van der Waals surface area contributed by atoms with Gasteiger partial charge in [-0.3, -0.25) is 9.58 Å². The van der Waals surface area contributed by atoms with E-state index in [-0.39, 0.29) is 0 Å². The Bertz CT molecular complexity index is 690. The van der Waals surface area contributed by atoms with Crippen LogP contribution in [0, 0.1) is 6.92 Å². The molecular formula is C19H27N3O. The van der Waals surface area contributed by atoms with E-state index in [0.29, 0.717) is 0 Å². The molecule has 0 saturated carbocycles. The molecule has 1 aromatic heterocycles. The van der Waals surface area contributed by atoms with Crippen molar-refractivity contribution in [2.45, 2.75) is 46.2 Å². The molecule has 0 N–H and O–H groups in total. The summed E-state index contributed by atoms with van der Waals surface area (Å²) in [6.45, 7) is 6.70. The first-order valence-electron chi connectivity index (χ1n) is 8.52. The van der Waals surface area contributed by atoms with Crippen molar-refractivity contribution in [1.29, 1.82) is 0 Å². The standard InChI is InChI=1S/C19H27N3O/c1-5-23-19-10-16-8-6-7-15(16)9-17(19)12-21(3)13-18-11-20-22(4)14(18)2/h9-11H,5-8,12-13H2,1-4H3. The number of nitrogens with zero attached hydrogens (tertiary/aromatic N) is 3. The van der Waals surface area contributed by atoms with Crippen molar-refractivity contribution in [3.63, 3.8) is 0 Å². The first-order chi connectivity index (χ1) is 11.1. The largest absolute Gasteiger partial charge is 0.494 e. The summed E-state index contributed by atoms with van der Waals surface area (Å²) in [5.74, 6) is 1.06. The second-order valence-corrected chi connectivity index (χ2v) is 6.57. The number of aromatic nitrogens is 2. The maximum Gasteiger partial charge on any atom is 0.124 e. The molecule has 23 heavy (non-hydrogen) atoms. The summed E-state index contributed by atoms with van der Waals surface area (Å²) in [6, 6.07) is 4.63. The first-order valence-corrected chi connectivity index (χ1v) is 8.52. The molecule has 0 aliphatic heterocycles. The SMILES string of the molecule is CCOc1cc2c(cc1CN(C)Cc1cnn(C)c1C)CCC2. The summed E-state index contributed by atoms with van der Waals surface area (Å²) < 4.78 is 7.83. The van der Waals surface area contributed by atoms with Crippen molar-refractivity contribution in [2.24, 2.45) is 7.05 Å². The van der Waals surface area contributed by atoms with Crippen LogP contribution in [0.5, 0.6) is 5.75 Å². The fourth-order valence-corrected chi connectivity index (χ4v) is 3.40. The zero-order valence-electron chi connectivity index (χ0n) is 14.7. The zero-order chi connectivity index (χ0) is 16.4. The fraction of sp³-hybridized carbons (Fsp3) is 0.526. The Labute approximate surface area is 139 Å². The molecule has 4 nitrogen and oxygen atoms in total. The van der Waals surface area contributed by atoms with Gasteiger partial charge in [-0.1, -0.05) is 6.07 Å². The van der Waals surface area contributed by atoms with Gasteiger partial charge in [0.15, 0.2) is 0 Å². The van der Waals surface area contributed by atoms with Gasteiger partial charge in [0.2, 0.25) is 0 Å². The minimum Gasteiger partial charge on any atom is -0.494 e. The maximum atomic E-state index is 5.90. The van der Waals surface area contributed by atoms with Crippen LogP contribution in [-0.4, -0.2) is 28.3 Å². The third-order valence-electron chi connectivity index (χ3n) is 4.79. The van der Waals surface area contributed by atoms with E-state index < -0.39 is 0 Å². The van der Waals surface area contributed by atoms with E-state index >= 15 is 0 Å². The molecule has 1 aliphatic rings. The van der Waals surface area contributed by atoms with Gasteiger partial charge in [-0.15, -0.1) is 0 Å². The Kier molecular flexibility index (Phi) is 4.71. The molecule has 0 fully saturated rings. The predicted octanol–water partition coefficient (Wildman–Crippen LogP) is 3.25. The molecule has 0 bridgehead atoms. The normalized spacial score (nSPS) is 13.6. The molecule has 4 heteroatoms. The second kappa shape index (κ2) is 6.75. The van der Waals surface area contributed by atoms with E-state index in [0.717, 1.165) is 25.4 Å². The van der Waals surface area contributed by atoms with Crippen molar-refractivity contribution in [2.75, 3.05) is 13.7 Å². The fourth-order valence-electron chi connectivity index (χ4n) is 3.40. The van der Waals surface area contributed by atoms with Gasteiger partial charge in [0.1, 0.15) is 5.75 Å². The molecular weight excluding hydrogens is 286 g/mol. The summed E-state index contributed by atoms with van der Waals surface area (Å²) in [5, 5.41) is 4.34. The predicted molar refractivity (Wildman–Crippen MR) is 92.8 cm³/mol. The average molecular weight is 313 g/mol. The van der Waals surface area contributed by atoms with E-state index in [2.05, 4.69) is 43.0 Å². The lowest BCUT2D eigenvalue weighted by Gasteiger charge is -2.20. The molecule has 0 spiro atoms. The Morgan fingerprint density at radius 2 is 1.87 bits per heavy atom. The summed E-state index contributed by atoms with van der Waals surface area (Å²) in [6.07, 6.45) is 5.65. The lowest BCUT2D eigenvalue weighted by atomic mass is 10.0. The molecule has 0 atom stereocenters. The second-order valence-electron chi connectivity index (χ2n) is 6.57. The number of ether oxygens (including phenoxy) is 1. The number of hydrogen-bond donors (Lipinski definition) is 0. The van der Waals surface area contributed by atoms with Crippen molar-refractivity contribution < 1.29 is 4.74 Å². The summed E-state index contributed by atoms with van der Waals surface area (Å²) in [4.78, 5) is 2.34. The molecule has 1 aromatic carbocycles. The van der Waals surface area contributed by atoms with E-state index in [1.807, 2.05) is 17.9 Å². The van der Waals surface area contributed by atoms with Gasteiger partial charge in [-0.05, 0) is 57.4 Å². The van der Waals surface area contributed by atoms with Gasteiger partial charge < -0.3 is 4.74 Å². The Hall–Kier alpha value is -1.81. The van der Waals surface area contributed by atoms with Crippen molar-refractivity contribution >= 4 is 0 Å². The maximum absolute atomic E-state index is 5.90. The smallest absolute Gasteiger partial charge is 0.124 e. The van der Waals surface area contributed by atoms with Crippen LogP contribution in [0.1, 0.15) is 41.3 Å². The van der Waals surface area contributed by atoms with Crippen molar-refractivity contribution in [1.82, 2.24) is 14.7 Å². The molecule has 0 unspecified atom stereocenters. The van der Waals surface area contributed by atoms with Crippen LogP contribution in [0.25, 0.3) is 0 Å². The van der Waals surface area contributed by atoms with Gasteiger partial charge in [0, 0.05) is 37.0 Å². The highest BCUT2D eigenvalue weighted by molar-refractivity contribution is 5.45. The molecule has 0 radical (unpaired) electrons. The van der Waals surface area contributed by atoms with E-state index in [1.54, 1.807) is 0 Å². The summed E-state index contributed by atoms with van der Waals surface area (Å²) in [7, 11) is 4.15. The van der Waals surface area contributed by atoms with Crippen LogP contribution in [-0.2, 0) is 33.0 Å². The monoisotopic (exact) mass is 313 g/mol. The minimum atomic E-state index is 0.719. The lowest BCUT2D eigenvalue weighted by Crippen LogP contribution is -2.18. The molecule has 0 amide bonds. The van der Waals surface area contributed by atoms with Crippen LogP contribution in [0.4, 0.5) is 0 Å². The summed E-state index contributed by atoms with van der Waals surface area (Å²) in [5.41, 5.74) is 6.80. The highest BCUT2D eigenvalue weighted by Gasteiger charge is 2.17. The lowest BCUT2D eigenvalue weighted by molar-refractivity contribution is 0.297. The highest BCUT2D eigenvalue weighted by atomic mass is 16.5. The third kappa shape index (κ3) is 3.42. The first kappa shape index (κ1) is 16.1. The number of benzene rings is 1. The van der Waals surface area contributed by atoms with Crippen LogP contribution in [0.2, 0.25) is 0 Å². The van der Waals surface area contributed by atoms with Gasteiger partial charge >= 0.3 is 0 Å². The van der Waals surface area contributed by atoms with Crippen LogP contribution in [0.15, 0.2) is 18.3 Å². The van der Waals surface area contributed by atoms with Crippen LogP contribution < -0.4 is 4.74 Å². The highest BCUT2D eigenvalue weighted by Crippen LogP contribution is 2.31. The quantitative estimate of drug-likeness (QED) is 0.820.